The van der Waals surface area contributed by atoms with Crippen molar-refractivity contribution >= 4 is 22.4 Å². The molecule has 1 aliphatic heterocycles. The number of hydrogen-bond donors (Lipinski definition) is 2. The fourth-order valence-electron chi connectivity index (χ4n) is 2.92. The molecule has 1 aromatic carbocycles. The van der Waals surface area contributed by atoms with Crippen molar-refractivity contribution in [1.82, 2.24) is 10.0 Å². The summed E-state index contributed by atoms with van der Waals surface area (Å²) in [7, 11) is -3.26. The smallest absolute Gasteiger partial charge is 0.211 e. The Balaban J connectivity index is 0.00000225. The summed E-state index contributed by atoms with van der Waals surface area (Å²) in [6, 6.07) is 4.97. The van der Waals surface area contributed by atoms with Crippen LogP contribution in [-0.4, -0.2) is 32.8 Å². The first-order valence-corrected chi connectivity index (χ1v) is 10.2. The van der Waals surface area contributed by atoms with Crippen LogP contribution in [0.2, 0.25) is 0 Å². The van der Waals surface area contributed by atoms with E-state index >= 15 is 0 Å². The van der Waals surface area contributed by atoms with Gasteiger partial charge in [0.05, 0.1) is 11.3 Å². The van der Waals surface area contributed by atoms with Crippen LogP contribution in [0, 0.1) is 23.6 Å². The number of rotatable bonds is 5. The van der Waals surface area contributed by atoms with Gasteiger partial charge in [-0.3, -0.25) is 0 Å². The monoisotopic (exact) mass is 386 g/mol. The Hall–Kier alpha value is -1.13. The third-order valence-electron chi connectivity index (χ3n) is 4.57. The molecule has 1 aliphatic carbocycles. The average molecular weight is 387 g/mol. The van der Waals surface area contributed by atoms with Crippen molar-refractivity contribution in [3.63, 3.8) is 0 Å². The second-order valence-corrected chi connectivity index (χ2v) is 8.55. The van der Waals surface area contributed by atoms with E-state index in [1.165, 1.54) is 0 Å². The van der Waals surface area contributed by atoms with Gasteiger partial charge in [-0.25, -0.2) is 17.5 Å². The first-order chi connectivity index (χ1) is 11.5. The van der Waals surface area contributed by atoms with E-state index in [0.717, 1.165) is 19.4 Å². The third-order valence-corrected chi connectivity index (χ3v) is 5.99. The molecule has 0 spiro atoms. The molecular weight excluding hydrogens is 363 g/mol. The van der Waals surface area contributed by atoms with Crippen LogP contribution in [0.25, 0.3) is 0 Å². The third kappa shape index (κ3) is 5.42. The van der Waals surface area contributed by atoms with Gasteiger partial charge in [0, 0.05) is 18.0 Å². The molecule has 138 valence electrons. The summed E-state index contributed by atoms with van der Waals surface area (Å²) < 4.78 is 41.0. The molecule has 2 fully saturated rings. The number of benzene rings is 1. The minimum atomic E-state index is -3.26. The number of sulfonamides is 1. The highest BCUT2D eigenvalue weighted by molar-refractivity contribution is 7.89. The summed E-state index contributed by atoms with van der Waals surface area (Å²) in [6.45, 7) is 2.34. The van der Waals surface area contributed by atoms with Gasteiger partial charge in [-0.1, -0.05) is 24.0 Å². The molecule has 25 heavy (non-hydrogen) atoms. The van der Waals surface area contributed by atoms with Gasteiger partial charge in [-0.2, -0.15) is 0 Å². The molecule has 2 aliphatic rings. The maximum Gasteiger partial charge on any atom is 0.211 e. The lowest BCUT2D eigenvalue weighted by molar-refractivity contribution is 0.483. The van der Waals surface area contributed by atoms with Gasteiger partial charge in [-0.15, -0.1) is 12.4 Å². The Morgan fingerprint density at radius 3 is 2.76 bits per heavy atom. The lowest BCUT2D eigenvalue weighted by Gasteiger charge is -2.21. The molecule has 1 aromatic rings. The summed E-state index contributed by atoms with van der Waals surface area (Å²) in [5.41, 5.74) is 1.01. The Morgan fingerprint density at radius 2 is 2.08 bits per heavy atom. The number of nitrogens with one attached hydrogen (secondary N) is 2. The zero-order valence-electron chi connectivity index (χ0n) is 14.2. The molecule has 1 saturated heterocycles. The van der Waals surface area contributed by atoms with Crippen molar-refractivity contribution in [3.05, 3.63) is 35.1 Å². The van der Waals surface area contributed by atoms with Crippen molar-refractivity contribution in [1.29, 1.82) is 0 Å². The van der Waals surface area contributed by atoms with Crippen LogP contribution in [0.1, 0.15) is 37.3 Å². The maximum atomic E-state index is 14.7. The van der Waals surface area contributed by atoms with E-state index < -0.39 is 10.0 Å². The molecule has 0 bridgehead atoms. The SMILES string of the molecule is CCS(=O)(=O)NC1CCNC1Cc1cccc(C#CC2CC2)c1F.Cl. The van der Waals surface area contributed by atoms with Crippen LogP contribution in [0.15, 0.2) is 18.2 Å². The van der Waals surface area contributed by atoms with Crippen LogP contribution in [0.3, 0.4) is 0 Å². The predicted octanol–water partition coefficient (Wildman–Crippen LogP) is 2.22. The van der Waals surface area contributed by atoms with E-state index in [9.17, 15) is 12.8 Å². The molecule has 7 heteroatoms. The fourth-order valence-corrected chi connectivity index (χ4v) is 3.83. The number of hydrogen-bond acceptors (Lipinski definition) is 3. The summed E-state index contributed by atoms with van der Waals surface area (Å²) in [6.07, 6.45) is 3.38. The average Bonchev–Trinajstić information content (AvgIpc) is 3.29. The zero-order valence-corrected chi connectivity index (χ0v) is 15.9. The Kier molecular flexibility index (Phi) is 6.86. The largest absolute Gasteiger partial charge is 0.312 e. The van der Waals surface area contributed by atoms with Crippen molar-refractivity contribution in [2.24, 2.45) is 5.92 Å². The van der Waals surface area contributed by atoms with E-state index in [1.807, 2.05) is 6.07 Å². The van der Waals surface area contributed by atoms with Gasteiger partial charge in [0.1, 0.15) is 5.82 Å². The van der Waals surface area contributed by atoms with Crippen molar-refractivity contribution in [2.45, 2.75) is 44.7 Å². The highest BCUT2D eigenvalue weighted by Crippen LogP contribution is 2.28. The summed E-state index contributed by atoms with van der Waals surface area (Å²) >= 11 is 0. The molecule has 0 radical (unpaired) electrons. The van der Waals surface area contributed by atoms with Gasteiger partial charge >= 0.3 is 0 Å². The van der Waals surface area contributed by atoms with Crippen LogP contribution < -0.4 is 10.0 Å². The van der Waals surface area contributed by atoms with E-state index in [-0.39, 0.29) is 36.1 Å². The normalized spacial score (nSPS) is 22.8. The van der Waals surface area contributed by atoms with E-state index in [0.29, 0.717) is 29.9 Å². The molecule has 2 N–H and O–H groups in total. The molecule has 0 aromatic heterocycles. The molecule has 3 rings (SSSR count). The van der Waals surface area contributed by atoms with Crippen LogP contribution in [0.4, 0.5) is 4.39 Å². The Bertz CT molecular complexity index is 769. The van der Waals surface area contributed by atoms with Crippen molar-refractivity contribution in [2.75, 3.05) is 12.3 Å². The molecule has 2 atom stereocenters. The van der Waals surface area contributed by atoms with Gasteiger partial charge in [0.25, 0.3) is 0 Å². The minimum absolute atomic E-state index is 0. The van der Waals surface area contributed by atoms with Crippen LogP contribution in [0.5, 0.6) is 0 Å². The highest BCUT2D eigenvalue weighted by atomic mass is 35.5. The second-order valence-electron chi connectivity index (χ2n) is 6.50. The van der Waals surface area contributed by atoms with Crippen molar-refractivity contribution < 1.29 is 12.8 Å². The molecular formula is C18H24ClFN2O2S. The molecule has 1 saturated carbocycles. The Labute approximate surface area is 155 Å². The molecule has 4 nitrogen and oxygen atoms in total. The van der Waals surface area contributed by atoms with Gasteiger partial charge < -0.3 is 5.32 Å². The van der Waals surface area contributed by atoms with Crippen molar-refractivity contribution in [3.8, 4) is 11.8 Å². The van der Waals surface area contributed by atoms with Gasteiger partial charge in [0.15, 0.2) is 0 Å². The van der Waals surface area contributed by atoms with Crippen LogP contribution in [-0.2, 0) is 16.4 Å². The fraction of sp³-hybridized carbons (Fsp3) is 0.556. The summed E-state index contributed by atoms with van der Waals surface area (Å²) in [5.74, 6) is 6.23. The van der Waals surface area contributed by atoms with Gasteiger partial charge in [-0.05, 0) is 50.8 Å². The van der Waals surface area contributed by atoms with Crippen LogP contribution >= 0.6 is 12.4 Å². The van der Waals surface area contributed by atoms with Gasteiger partial charge in [0.2, 0.25) is 10.0 Å². The maximum absolute atomic E-state index is 14.7. The lowest BCUT2D eigenvalue weighted by Crippen LogP contribution is -2.45. The lowest BCUT2D eigenvalue weighted by atomic mass is 9.99. The highest BCUT2D eigenvalue weighted by Gasteiger charge is 2.30. The zero-order chi connectivity index (χ0) is 17.2. The molecule has 1 heterocycles. The summed E-state index contributed by atoms with van der Waals surface area (Å²) in [4.78, 5) is 0. The quantitative estimate of drug-likeness (QED) is 0.763. The first-order valence-electron chi connectivity index (χ1n) is 8.51. The predicted molar refractivity (Wildman–Crippen MR) is 99.7 cm³/mol. The second kappa shape index (κ2) is 8.50. The number of halogens is 2. The van der Waals surface area contributed by atoms with E-state index in [2.05, 4.69) is 21.9 Å². The standard InChI is InChI=1S/C18H23FN2O2S.ClH/c1-2-24(22,23)21-16-10-11-20-17(16)12-15-5-3-4-14(18(15)19)9-8-13-6-7-13;/h3-5,13,16-17,20-21H,2,6-7,10-12H2,1H3;1H. The minimum Gasteiger partial charge on any atom is -0.312 e. The first kappa shape index (κ1) is 20.2. The van der Waals surface area contributed by atoms with E-state index in [4.69, 9.17) is 0 Å². The summed E-state index contributed by atoms with van der Waals surface area (Å²) in [5, 5.41) is 3.28. The Morgan fingerprint density at radius 1 is 1.32 bits per heavy atom. The molecule has 0 amide bonds. The molecule has 2 unspecified atom stereocenters. The topological polar surface area (TPSA) is 58.2 Å². The van der Waals surface area contributed by atoms with E-state index in [1.54, 1.807) is 19.1 Å².